The number of benzene rings is 4. The van der Waals surface area contributed by atoms with Crippen LogP contribution in [0.15, 0.2) is 83.3 Å². The molecule has 1 aliphatic heterocycles. The zero-order valence-electron chi connectivity index (χ0n) is 24.4. The summed E-state index contributed by atoms with van der Waals surface area (Å²) < 4.78 is 12.1. The highest BCUT2D eigenvalue weighted by atomic mass is 35.5. The third-order valence-electron chi connectivity index (χ3n) is 6.48. The summed E-state index contributed by atoms with van der Waals surface area (Å²) in [4.78, 5) is 11.7. The molecule has 0 saturated heterocycles. The minimum absolute atomic E-state index is 0. The second kappa shape index (κ2) is 20.4. The minimum Gasteiger partial charge on any atom is -0.490 e. The van der Waals surface area contributed by atoms with Gasteiger partial charge in [-0.2, -0.15) is 0 Å². The van der Waals surface area contributed by atoms with Gasteiger partial charge in [0.25, 0.3) is 0 Å². The fraction of sp³-hybridized carbons (Fsp3) is 0.282. The van der Waals surface area contributed by atoms with Crippen molar-refractivity contribution in [1.29, 1.82) is 0 Å². The molecule has 266 valence electrons. The summed E-state index contributed by atoms with van der Waals surface area (Å²) in [5, 5.41) is 5.18. The lowest BCUT2D eigenvalue weighted by molar-refractivity contribution is 0.254. The Labute approximate surface area is 316 Å². The summed E-state index contributed by atoms with van der Waals surface area (Å²) in [7, 11) is 0. The van der Waals surface area contributed by atoms with Gasteiger partial charge in [-0.1, -0.05) is 83.5 Å². The Kier molecular flexibility index (Phi) is 19.1. The number of nitrogens with one attached hydrogen (secondary N) is 1. The van der Waals surface area contributed by atoms with Crippen LogP contribution in [-0.2, 0) is 6.42 Å². The fourth-order valence-electron chi connectivity index (χ4n) is 4.66. The Bertz CT molecular complexity index is 1870. The van der Waals surface area contributed by atoms with Crippen molar-refractivity contribution >= 4 is 90.0 Å². The van der Waals surface area contributed by atoms with Gasteiger partial charge >= 0.3 is 0 Å². The smallest absolute Gasteiger partial charge is 0.134 e. The Balaban J connectivity index is 0.000000606. The normalized spacial score (nSPS) is 12.0. The van der Waals surface area contributed by atoms with Gasteiger partial charge in [-0.3, -0.25) is 0 Å². The number of fused-ring (bicyclic) bond motifs is 4. The second-order valence-electron chi connectivity index (χ2n) is 10.3. The Morgan fingerprint density at radius 1 is 0.694 bits per heavy atom. The first-order valence-electron chi connectivity index (χ1n) is 13.8. The van der Waals surface area contributed by atoms with E-state index in [0.29, 0.717) is 6.10 Å². The van der Waals surface area contributed by atoms with Crippen molar-refractivity contribution in [2.24, 2.45) is 0 Å². The van der Waals surface area contributed by atoms with E-state index in [9.17, 15) is 0 Å². The molecule has 0 fully saturated rings. The Morgan fingerprint density at radius 2 is 1.31 bits per heavy atom. The highest BCUT2D eigenvalue weighted by Crippen LogP contribution is 2.30. The molecular formula is C39H49Cl4N3O2S. The topological polar surface area (TPSA) is 63.9 Å². The standard InChI is InChI=1S/C9H9ClO.C9H7ClO.C8H7ClN2.C8H6ClNS.5CH4/c2*1-6-4-7-5-8(10)2-3-9(7)11-6;1-5-10-7-3-2-6(9)4-8(7)11-5;1-5-10-7-4-6(9)2-3-8(7)11-5;;;;;/h2-3,5-6H,4H2,1H3;2-5H,1H3;2-4H,1H3,(H,10,11);2-4H,1H3;5*1H4. The molecular weight excluding hydrogens is 716 g/mol. The van der Waals surface area contributed by atoms with Gasteiger partial charge in [0.05, 0.1) is 26.3 Å². The molecule has 1 N–H and O–H groups in total. The first-order chi connectivity index (χ1) is 21.0. The zero-order chi connectivity index (χ0) is 31.4. The molecule has 0 aliphatic carbocycles. The highest BCUT2D eigenvalue weighted by Gasteiger charge is 2.18. The van der Waals surface area contributed by atoms with E-state index in [1.54, 1.807) is 11.3 Å². The van der Waals surface area contributed by atoms with E-state index < -0.39 is 0 Å². The van der Waals surface area contributed by atoms with Crippen molar-refractivity contribution in [3.05, 3.63) is 121 Å². The number of aryl methyl sites for hydroxylation is 3. The predicted molar refractivity (Wildman–Crippen MR) is 220 cm³/mol. The SMILES string of the molecule is C.C.C.C.C.CC1Cc2cc(Cl)ccc2O1.Cc1cc2cc(Cl)ccc2o1.Cc1nc2cc(Cl)ccc2s1.Cc1nc2ccc(Cl)cc2[nH]1. The van der Waals surface area contributed by atoms with Gasteiger partial charge < -0.3 is 14.1 Å². The third kappa shape index (κ3) is 12.5. The van der Waals surface area contributed by atoms with Crippen LogP contribution in [0.2, 0.25) is 20.1 Å². The van der Waals surface area contributed by atoms with Crippen molar-refractivity contribution < 1.29 is 9.15 Å². The molecule has 0 radical (unpaired) electrons. The maximum Gasteiger partial charge on any atom is 0.134 e. The maximum atomic E-state index is 5.82. The molecule has 5 nitrogen and oxygen atoms in total. The molecule has 49 heavy (non-hydrogen) atoms. The van der Waals surface area contributed by atoms with E-state index in [1.807, 2.05) is 99.6 Å². The number of hydrogen-bond donors (Lipinski definition) is 1. The van der Waals surface area contributed by atoms with Gasteiger partial charge in [0.15, 0.2) is 0 Å². The van der Waals surface area contributed by atoms with Crippen LogP contribution >= 0.6 is 57.7 Å². The van der Waals surface area contributed by atoms with Gasteiger partial charge in [0, 0.05) is 31.9 Å². The molecule has 0 bridgehead atoms. The van der Waals surface area contributed by atoms with Gasteiger partial charge in [0.1, 0.15) is 29.0 Å². The van der Waals surface area contributed by atoms with Crippen molar-refractivity contribution in [2.75, 3.05) is 0 Å². The summed E-state index contributed by atoms with van der Waals surface area (Å²) in [5.74, 6) is 2.83. The third-order valence-corrected chi connectivity index (χ3v) is 8.37. The molecule has 10 heteroatoms. The van der Waals surface area contributed by atoms with Crippen LogP contribution in [0.4, 0.5) is 0 Å². The van der Waals surface area contributed by atoms with E-state index in [2.05, 4.69) is 21.9 Å². The maximum absolute atomic E-state index is 5.82. The number of H-pyrrole nitrogens is 1. The van der Waals surface area contributed by atoms with Gasteiger partial charge in [0.2, 0.25) is 0 Å². The molecule has 1 aliphatic rings. The molecule has 1 atom stereocenters. The highest BCUT2D eigenvalue weighted by molar-refractivity contribution is 7.18. The molecule has 3 aromatic heterocycles. The van der Waals surface area contributed by atoms with Crippen molar-refractivity contribution in [3.8, 4) is 5.75 Å². The monoisotopic (exact) mass is 763 g/mol. The molecule has 0 spiro atoms. The second-order valence-corrected chi connectivity index (χ2v) is 13.2. The summed E-state index contributed by atoms with van der Waals surface area (Å²) in [6.07, 6.45) is 1.29. The van der Waals surface area contributed by atoms with Crippen LogP contribution < -0.4 is 4.74 Å². The lowest BCUT2D eigenvalue weighted by Crippen LogP contribution is -2.05. The summed E-state index contributed by atoms with van der Waals surface area (Å²) in [6, 6.07) is 24.7. The van der Waals surface area contributed by atoms with Crippen LogP contribution in [0.5, 0.6) is 5.75 Å². The lowest BCUT2D eigenvalue weighted by atomic mass is 10.1. The van der Waals surface area contributed by atoms with Gasteiger partial charge in [-0.25, -0.2) is 9.97 Å². The number of hydrogen-bond acceptors (Lipinski definition) is 5. The predicted octanol–water partition coefficient (Wildman–Crippen LogP) is 15.0. The van der Waals surface area contributed by atoms with Crippen molar-refractivity contribution in [2.45, 2.75) is 77.4 Å². The number of ether oxygens (including phenoxy) is 1. The van der Waals surface area contributed by atoms with E-state index >= 15 is 0 Å². The van der Waals surface area contributed by atoms with E-state index in [-0.39, 0.29) is 37.1 Å². The summed E-state index contributed by atoms with van der Waals surface area (Å²) in [5.41, 5.74) is 5.08. The molecule has 0 saturated carbocycles. The van der Waals surface area contributed by atoms with Gasteiger partial charge in [-0.15, -0.1) is 11.3 Å². The van der Waals surface area contributed by atoms with Crippen LogP contribution in [-0.4, -0.2) is 21.1 Å². The zero-order valence-corrected chi connectivity index (χ0v) is 28.3. The van der Waals surface area contributed by atoms with E-state index in [1.165, 1.54) is 10.3 Å². The minimum atomic E-state index is 0. The first kappa shape index (κ1) is 45.7. The Morgan fingerprint density at radius 3 is 2.04 bits per heavy atom. The fourth-order valence-corrected chi connectivity index (χ4v) is 6.18. The largest absolute Gasteiger partial charge is 0.490 e. The molecule has 8 rings (SSSR count). The number of furan rings is 1. The lowest BCUT2D eigenvalue weighted by Gasteiger charge is -2.00. The van der Waals surface area contributed by atoms with E-state index in [0.717, 1.165) is 76.4 Å². The average molecular weight is 766 g/mol. The first-order valence-corrected chi connectivity index (χ1v) is 16.1. The van der Waals surface area contributed by atoms with Crippen LogP contribution in [0.25, 0.3) is 32.2 Å². The summed E-state index contributed by atoms with van der Waals surface area (Å²) in [6.45, 7) is 7.91. The number of aromatic nitrogens is 3. The van der Waals surface area contributed by atoms with Crippen LogP contribution in [0.3, 0.4) is 0 Å². The average Bonchev–Trinajstić information content (AvgIpc) is 3.71. The number of rotatable bonds is 0. The number of halogens is 4. The van der Waals surface area contributed by atoms with Crippen molar-refractivity contribution in [1.82, 2.24) is 15.0 Å². The summed E-state index contributed by atoms with van der Waals surface area (Å²) >= 11 is 24.9. The quantitative estimate of drug-likeness (QED) is 0.167. The number of imidazole rings is 1. The number of nitrogens with zero attached hydrogens (tertiary/aromatic N) is 2. The number of thiazole rings is 1. The van der Waals surface area contributed by atoms with Gasteiger partial charge in [-0.05, 0) is 112 Å². The molecule has 4 aromatic carbocycles. The number of aromatic amines is 1. The molecule has 0 amide bonds. The van der Waals surface area contributed by atoms with Crippen molar-refractivity contribution in [3.63, 3.8) is 0 Å². The molecule has 7 aromatic rings. The van der Waals surface area contributed by atoms with E-state index in [4.69, 9.17) is 55.6 Å². The molecule has 1 unspecified atom stereocenters. The van der Waals surface area contributed by atoms with Crippen LogP contribution in [0.1, 0.15) is 66.2 Å². The Hall–Kier alpha value is -3.26. The molecule has 4 heterocycles. The van der Waals surface area contributed by atoms with Crippen LogP contribution in [0, 0.1) is 20.8 Å².